The van der Waals surface area contributed by atoms with Gasteiger partial charge in [0.05, 0.1) is 11.1 Å². The molecule has 3 aromatic carbocycles. The molecule has 0 aliphatic carbocycles. The number of nitrogens with one attached hydrogen (secondary N) is 2. The quantitative estimate of drug-likeness (QED) is 0.178. The predicted octanol–water partition coefficient (Wildman–Crippen LogP) is 8.27. The number of carbonyl (C=O) groups is 2. The standard InChI is InChI=1S/C26H22Br2N2O2S2/c1-3-13-33-23-11-5-17(27)15-21(23)25(31)29-19-7-9-20(10-8-19)30-26(32)22-16-18(28)6-12-24(22)34-14-4-2/h3-12,15-16H,1-2,13-14H2,(H,29,31)(H,30,32). The van der Waals surface area contributed by atoms with Crippen molar-refractivity contribution in [2.75, 3.05) is 22.1 Å². The Kier molecular flexibility index (Phi) is 10.1. The van der Waals surface area contributed by atoms with Gasteiger partial charge in [-0.15, -0.1) is 36.7 Å². The molecule has 0 atom stereocenters. The molecule has 0 unspecified atom stereocenters. The summed E-state index contributed by atoms with van der Waals surface area (Å²) in [7, 11) is 0. The van der Waals surface area contributed by atoms with Gasteiger partial charge in [-0.1, -0.05) is 44.0 Å². The summed E-state index contributed by atoms with van der Waals surface area (Å²) >= 11 is 9.97. The maximum absolute atomic E-state index is 12.9. The molecule has 174 valence electrons. The SMILES string of the molecule is C=CCSc1ccc(Br)cc1C(=O)Nc1ccc(NC(=O)c2cc(Br)ccc2SCC=C)cc1. The number of rotatable bonds is 10. The van der Waals surface area contributed by atoms with Crippen molar-refractivity contribution in [3.8, 4) is 0 Å². The minimum atomic E-state index is -0.206. The number of anilines is 2. The van der Waals surface area contributed by atoms with Crippen molar-refractivity contribution in [3.63, 3.8) is 0 Å². The summed E-state index contributed by atoms with van der Waals surface area (Å²) in [5, 5.41) is 5.85. The Morgan fingerprint density at radius 3 is 1.44 bits per heavy atom. The fourth-order valence-electron chi connectivity index (χ4n) is 2.94. The Labute approximate surface area is 224 Å². The monoisotopic (exact) mass is 616 g/mol. The van der Waals surface area contributed by atoms with E-state index < -0.39 is 0 Å². The van der Waals surface area contributed by atoms with Crippen molar-refractivity contribution in [1.29, 1.82) is 0 Å². The van der Waals surface area contributed by atoms with Crippen molar-refractivity contribution < 1.29 is 9.59 Å². The van der Waals surface area contributed by atoms with Crippen molar-refractivity contribution in [1.82, 2.24) is 0 Å². The van der Waals surface area contributed by atoms with Crippen molar-refractivity contribution >= 4 is 78.6 Å². The second kappa shape index (κ2) is 13.0. The molecule has 0 saturated heterocycles. The molecule has 3 aromatic rings. The molecule has 2 N–H and O–H groups in total. The van der Waals surface area contributed by atoms with Crippen LogP contribution in [0.5, 0.6) is 0 Å². The molecule has 0 fully saturated rings. The van der Waals surface area contributed by atoms with E-state index in [1.165, 1.54) is 0 Å². The molecule has 0 bridgehead atoms. The van der Waals surface area contributed by atoms with Crippen LogP contribution in [0.3, 0.4) is 0 Å². The second-order valence-electron chi connectivity index (χ2n) is 6.97. The molecule has 34 heavy (non-hydrogen) atoms. The summed E-state index contributed by atoms with van der Waals surface area (Å²) in [5.74, 6) is 1.01. The number of halogens is 2. The van der Waals surface area contributed by atoms with E-state index in [2.05, 4.69) is 55.7 Å². The topological polar surface area (TPSA) is 58.2 Å². The predicted molar refractivity (Wildman–Crippen MR) is 152 cm³/mol. The molecular formula is C26H22Br2N2O2S2. The summed E-state index contributed by atoms with van der Waals surface area (Å²) in [5.41, 5.74) is 2.43. The summed E-state index contributed by atoms with van der Waals surface area (Å²) in [6.45, 7) is 7.48. The minimum absolute atomic E-state index is 0.206. The van der Waals surface area contributed by atoms with Gasteiger partial charge in [0.2, 0.25) is 0 Å². The van der Waals surface area contributed by atoms with Crippen molar-refractivity contribution in [3.05, 3.63) is 106 Å². The molecule has 4 nitrogen and oxygen atoms in total. The zero-order valence-corrected chi connectivity index (χ0v) is 23.0. The summed E-state index contributed by atoms with van der Waals surface area (Å²) in [4.78, 5) is 27.6. The first kappa shape index (κ1) is 26.3. The highest BCUT2D eigenvalue weighted by atomic mass is 79.9. The van der Waals surface area contributed by atoms with Gasteiger partial charge in [0, 0.05) is 41.6 Å². The third-order valence-electron chi connectivity index (χ3n) is 4.49. The molecular weight excluding hydrogens is 596 g/mol. The number of benzene rings is 3. The maximum Gasteiger partial charge on any atom is 0.256 e. The zero-order chi connectivity index (χ0) is 24.5. The minimum Gasteiger partial charge on any atom is -0.322 e. The van der Waals surface area contributed by atoms with Crippen LogP contribution >= 0.6 is 55.4 Å². The van der Waals surface area contributed by atoms with Gasteiger partial charge in [-0.3, -0.25) is 9.59 Å². The summed E-state index contributed by atoms with van der Waals surface area (Å²) < 4.78 is 1.66. The van der Waals surface area contributed by atoms with Crippen LogP contribution in [0.15, 0.2) is 105 Å². The Morgan fingerprint density at radius 1 is 0.706 bits per heavy atom. The van der Waals surface area contributed by atoms with Gasteiger partial charge < -0.3 is 10.6 Å². The van der Waals surface area contributed by atoms with Crippen LogP contribution in [-0.4, -0.2) is 23.3 Å². The van der Waals surface area contributed by atoms with Crippen molar-refractivity contribution in [2.24, 2.45) is 0 Å². The lowest BCUT2D eigenvalue weighted by molar-refractivity contribution is 0.101. The zero-order valence-electron chi connectivity index (χ0n) is 18.1. The lowest BCUT2D eigenvalue weighted by Gasteiger charge is -2.12. The fourth-order valence-corrected chi connectivity index (χ4v) is 5.20. The van der Waals surface area contributed by atoms with Crippen LogP contribution < -0.4 is 10.6 Å². The average Bonchev–Trinajstić information content (AvgIpc) is 2.83. The molecule has 0 aliphatic heterocycles. The number of thioether (sulfide) groups is 2. The van der Waals surface area contributed by atoms with Crippen LogP contribution in [0.25, 0.3) is 0 Å². The van der Waals surface area contributed by atoms with Gasteiger partial charge in [0.15, 0.2) is 0 Å². The molecule has 0 aliphatic rings. The van der Waals surface area contributed by atoms with Crippen LogP contribution in [0.1, 0.15) is 20.7 Å². The lowest BCUT2D eigenvalue weighted by Crippen LogP contribution is -2.14. The Hall–Kier alpha value is -2.26. The Balaban J connectivity index is 1.71. The van der Waals surface area contributed by atoms with E-state index in [9.17, 15) is 9.59 Å². The first-order valence-corrected chi connectivity index (χ1v) is 13.8. The van der Waals surface area contributed by atoms with Crippen LogP contribution in [0.2, 0.25) is 0 Å². The smallest absolute Gasteiger partial charge is 0.256 e. The summed E-state index contributed by atoms with van der Waals surface area (Å²) in [6, 6.07) is 18.3. The highest BCUT2D eigenvalue weighted by Crippen LogP contribution is 2.29. The third kappa shape index (κ3) is 7.37. The van der Waals surface area contributed by atoms with E-state index in [1.54, 1.807) is 72.1 Å². The van der Waals surface area contributed by atoms with Gasteiger partial charge in [0.1, 0.15) is 0 Å². The number of hydrogen-bond donors (Lipinski definition) is 2. The number of carbonyl (C=O) groups excluding carboxylic acids is 2. The van der Waals surface area contributed by atoms with Crippen molar-refractivity contribution in [2.45, 2.75) is 9.79 Å². The van der Waals surface area contributed by atoms with E-state index in [1.807, 2.05) is 24.3 Å². The van der Waals surface area contributed by atoms with Crippen LogP contribution in [0, 0.1) is 0 Å². The van der Waals surface area contributed by atoms with Gasteiger partial charge in [0.25, 0.3) is 11.8 Å². The molecule has 0 saturated carbocycles. The van der Waals surface area contributed by atoms with Crippen LogP contribution in [-0.2, 0) is 0 Å². The highest BCUT2D eigenvalue weighted by Gasteiger charge is 2.15. The van der Waals surface area contributed by atoms with E-state index >= 15 is 0 Å². The molecule has 0 heterocycles. The van der Waals surface area contributed by atoms with Gasteiger partial charge >= 0.3 is 0 Å². The average molecular weight is 618 g/mol. The van der Waals surface area contributed by atoms with E-state index in [0.29, 0.717) is 34.0 Å². The van der Waals surface area contributed by atoms with Crippen LogP contribution in [0.4, 0.5) is 11.4 Å². The largest absolute Gasteiger partial charge is 0.322 e. The molecule has 0 spiro atoms. The molecule has 8 heteroatoms. The summed E-state index contributed by atoms with van der Waals surface area (Å²) in [6.07, 6.45) is 3.60. The maximum atomic E-state index is 12.9. The Morgan fingerprint density at radius 2 is 1.09 bits per heavy atom. The number of amides is 2. The van der Waals surface area contributed by atoms with E-state index in [0.717, 1.165) is 18.7 Å². The first-order chi connectivity index (χ1) is 16.4. The molecule has 3 rings (SSSR count). The van der Waals surface area contributed by atoms with Gasteiger partial charge in [-0.2, -0.15) is 0 Å². The van der Waals surface area contributed by atoms with E-state index in [-0.39, 0.29) is 11.8 Å². The van der Waals surface area contributed by atoms with Gasteiger partial charge in [-0.25, -0.2) is 0 Å². The highest BCUT2D eigenvalue weighted by molar-refractivity contribution is 9.10. The first-order valence-electron chi connectivity index (χ1n) is 10.2. The number of hydrogen-bond acceptors (Lipinski definition) is 4. The Bertz CT molecular complexity index is 1120. The van der Waals surface area contributed by atoms with Gasteiger partial charge in [-0.05, 0) is 60.7 Å². The normalized spacial score (nSPS) is 10.4. The lowest BCUT2D eigenvalue weighted by atomic mass is 10.2. The third-order valence-corrected chi connectivity index (χ3v) is 7.61. The molecule has 0 radical (unpaired) electrons. The molecule has 0 aromatic heterocycles. The second-order valence-corrected chi connectivity index (χ2v) is 10.9. The van der Waals surface area contributed by atoms with E-state index in [4.69, 9.17) is 0 Å². The fraction of sp³-hybridized carbons (Fsp3) is 0.0769. The molecule has 2 amide bonds.